The summed E-state index contributed by atoms with van der Waals surface area (Å²) in [7, 11) is 0. The molecule has 0 bridgehead atoms. The summed E-state index contributed by atoms with van der Waals surface area (Å²) >= 11 is 15.4. The quantitative estimate of drug-likeness (QED) is 0.757. The minimum atomic E-state index is 0.240. The lowest BCUT2D eigenvalue weighted by Crippen LogP contribution is -2.27. The van der Waals surface area contributed by atoms with E-state index >= 15 is 0 Å². The molecule has 0 radical (unpaired) electrons. The normalized spacial score (nSPS) is 19.6. The number of nitrogens with zero attached hydrogens (tertiary/aromatic N) is 1. The van der Waals surface area contributed by atoms with E-state index in [0.29, 0.717) is 22.4 Å². The Kier molecular flexibility index (Phi) is 4.93. The van der Waals surface area contributed by atoms with Gasteiger partial charge in [0.1, 0.15) is 0 Å². The molecule has 1 aromatic rings. The van der Waals surface area contributed by atoms with E-state index in [0.717, 1.165) is 30.4 Å². The van der Waals surface area contributed by atoms with E-state index in [-0.39, 0.29) is 5.91 Å². The number of hydrogen-bond donors (Lipinski definition) is 0. The summed E-state index contributed by atoms with van der Waals surface area (Å²) < 4.78 is 0. The van der Waals surface area contributed by atoms with Gasteiger partial charge in [0.15, 0.2) is 0 Å². The summed E-state index contributed by atoms with van der Waals surface area (Å²) in [4.78, 5) is 13.7. The molecule has 18 heavy (non-hydrogen) atoms. The topological polar surface area (TPSA) is 20.3 Å². The highest BCUT2D eigenvalue weighted by atomic mass is 79.9. The minimum absolute atomic E-state index is 0.240. The second kappa shape index (κ2) is 6.27. The second-order valence-corrected chi connectivity index (χ2v) is 6.04. The van der Waals surface area contributed by atoms with E-state index in [9.17, 15) is 4.79 Å². The maximum Gasteiger partial charge on any atom is 0.222 e. The molecule has 0 saturated carbocycles. The number of halogens is 3. The van der Waals surface area contributed by atoms with Gasteiger partial charge >= 0.3 is 0 Å². The number of alkyl halides is 1. The van der Waals surface area contributed by atoms with E-state index in [2.05, 4.69) is 15.9 Å². The molecule has 0 N–H and O–H groups in total. The highest BCUT2D eigenvalue weighted by Crippen LogP contribution is 2.23. The molecule has 1 aliphatic heterocycles. The van der Waals surface area contributed by atoms with Crippen LogP contribution >= 0.6 is 39.1 Å². The maximum absolute atomic E-state index is 11.8. The van der Waals surface area contributed by atoms with E-state index in [1.165, 1.54) is 0 Å². The molecule has 1 aliphatic rings. The van der Waals surface area contributed by atoms with Crippen molar-refractivity contribution >= 4 is 45.0 Å². The fourth-order valence-electron chi connectivity index (χ4n) is 2.15. The number of carbonyl (C=O) groups is 1. The molecule has 1 aromatic carbocycles. The summed E-state index contributed by atoms with van der Waals surface area (Å²) in [5, 5.41) is 2.20. The average molecular weight is 351 g/mol. The molecule has 98 valence electrons. The Balaban J connectivity index is 1.94. The summed E-state index contributed by atoms with van der Waals surface area (Å²) in [5.41, 5.74) is 1.04. The Morgan fingerprint density at radius 1 is 1.39 bits per heavy atom. The van der Waals surface area contributed by atoms with Crippen molar-refractivity contribution in [2.24, 2.45) is 5.92 Å². The molecule has 1 fully saturated rings. The molecular formula is C13H14BrCl2NO. The summed E-state index contributed by atoms with van der Waals surface area (Å²) in [6.07, 6.45) is 1.43. The van der Waals surface area contributed by atoms with E-state index in [1.807, 2.05) is 17.0 Å². The molecule has 1 amide bonds. The van der Waals surface area contributed by atoms with Crippen LogP contribution in [0.2, 0.25) is 10.0 Å². The highest BCUT2D eigenvalue weighted by molar-refractivity contribution is 9.09. The zero-order chi connectivity index (χ0) is 13.1. The van der Waals surface area contributed by atoms with Gasteiger partial charge in [0.25, 0.3) is 0 Å². The number of carbonyl (C=O) groups excluding carboxylic acids is 1. The molecule has 1 heterocycles. The van der Waals surface area contributed by atoms with Crippen LogP contribution in [0.4, 0.5) is 0 Å². The van der Waals surface area contributed by atoms with Crippen LogP contribution in [0.5, 0.6) is 0 Å². The van der Waals surface area contributed by atoms with Crippen LogP contribution in [0.25, 0.3) is 0 Å². The Labute approximate surface area is 125 Å². The molecule has 1 saturated heterocycles. The van der Waals surface area contributed by atoms with E-state index in [4.69, 9.17) is 23.2 Å². The van der Waals surface area contributed by atoms with Crippen molar-refractivity contribution in [1.29, 1.82) is 0 Å². The van der Waals surface area contributed by atoms with Crippen LogP contribution < -0.4 is 0 Å². The van der Waals surface area contributed by atoms with Crippen molar-refractivity contribution in [2.45, 2.75) is 12.8 Å². The van der Waals surface area contributed by atoms with E-state index < -0.39 is 0 Å². The monoisotopic (exact) mass is 349 g/mol. The number of amides is 1. The third-order valence-electron chi connectivity index (χ3n) is 3.18. The molecule has 0 aromatic heterocycles. The average Bonchev–Trinajstić information content (AvgIpc) is 2.69. The first kappa shape index (κ1) is 14.2. The lowest BCUT2D eigenvalue weighted by atomic mass is 10.1. The molecule has 2 rings (SSSR count). The van der Waals surface area contributed by atoms with Crippen molar-refractivity contribution in [3.8, 4) is 0 Å². The molecule has 5 heteroatoms. The van der Waals surface area contributed by atoms with Crippen LogP contribution in [0.3, 0.4) is 0 Å². The molecule has 0 aliphatic carbocycles. The highest BCUT2D eigenvalue weighted by Gasteiger charge is 2.28. The zero-order valence-electron chi connectivity index (χ0n) is 9.83. The van der Waals surface area contributed by atoms with Gasteiger partial charge < -0.3 is 4.90 Å². The number of hydrogen-bond acceptors (Lipinski definition) is 1. The third kappa shape index (κ3) is 3.40. The molecule has 1 unspecified atom stereocenters. The summed E-state index contributed by atoms with van der Waals surface area (Å²) in [6.45, 7) is 1.57. The summed E-state index contributed by atoms with van der Waals surface area (Å²) in [5.74, 6) is 0.683. The number of likely N-dealkylation sites (tertiary alicyclic amines) is 1. The van der Waals surface area contributed by atoms with Gasteiger partial charge in [-0.2, -0.15) is 0 Å². The largest absolute Gasteiger partial charge is 0.342 e. The van der Waals surface area contributed by atoms with Crippen molar-refractivity contribution in [3.05, 3.63) is 33.8 Å². The first-order chi connectivity index (χ1) is 8.60. The van der Waals surface area contributed by atoms with Crippen molar-refractivity contribution in [2.75, 3.05) is 18.4 Å². The molecule has 0 spiro atoms. The predicted molar refractivity (Wildman–Crippen MR) is 78.6 cm³/mol. The van der Waals surface area contributed by atoms with Gasteiger partial charge in [-0.3, -0.25) is 4.79 Å². The molecular weight excluding hydrogens is 337 g/mol. The number of rotatable bonds is 4. The van der Waals surface area contributed by atoms with Gasteiger partial charge in [0.2, 0.25) is 5.91 Å². The van der Waals surface area contributed by atoms with Gasteiger partial charge in [-0.25, -0.2) is 0 Å². The van der Waals surface area contributed by atoms with Crippen molar-refractivity contribution in [3.63, 3.8) is 0 Å². The van der Waals surface area contributed by atoms with Gasteiger partial charge in [-0.1, -0.05) is 45.2 Å². The van der Waals surface area contributed by atoms with Crippen molar-refractivity contribution < 1.29 is 4.79 Å². The SMILES string of the molecule is O=C1CC(CBr)CN1CCc1ccc(Cl)cc1Cl. The second-order valence-electron chi connectivity index (χ2n) is 4.55. The first-order valence-corrected chi connectivity index (χ1v) is 7.75. The van der Waals surface area contributed by atoms with Crippen LogP contribution in [-0.4, -0.2) is 29.2 Å². The van der Waals surface area contributed by atoms with Crippen molar-refractivity contribution in [1.82, 2.24) is 4.90 Å². The standard InChI is InChI=1S/C13H14BrCl2NO/c14-7-9-5-13(18)17(8-9)4-3-10-1-2-11(15)6-12(10)16/h1-2,6,9H,3-5,7-8H2. The molecule has 2 nitrogen and oxygen atoms in total. The van der Waals surface area contributed by atoms with Crippen LogP contribution in [-0.2, 0) is 11.2 Å². The smallest absolute Gasteiger partial charge is 0.222 e. The fourth-order valence-corrected chi connectivity index (χ4v) is 3.09. The first-order valence-electron chi connectivity index (χ1n) is 5.88. The van der Waals surface area contributed by atoms with Gasteiger partial charge in [-0.15, -0.1) is 0 Å². The maximum atomic E-state index is 11.8. The fraction of sp³-hybridized carbons (Fsp3) is 0.462. The van der Waals surface area contributed by atoms with E-state index in [1.54, 1.807) is 6.07 Å². The lowest BCUT2D eigenvalue weighted by molar-refractivity contribution is -0.127. The number of benzene rings is 1. The minimum Gasteiger partial charge on any atom is -0.342 e. The Bertz CT molecular complexity index is 453. The summed E-state index contributed by atoms with van der Waals surface area (Å²) in [6, 6.07) is 5.49. The van der Waals surface area contributed by atoms with Crippen LogP contribution in [0, 0.1) is 5.92 Å². The zero-order valence-corrected chi connectivity index (χ0v) is 12.9. The molecule has 1 atom stereocenters. The van der Waals surface area contributed by atoms with Gasteiger partial charge in [0.05, 0.1) is 0 Å². The van der Waals surface area contributed by atoms with Crippen LogP contribution in [0.15, 0.2) is 18.2 Å². The Morgan fingerprint density at radius 2 is 2.17 bits per heavy atom. The van der Waals surface area contributed by atoms with Crippen LogP contribution in [0.1, 0.15) is 12.0 Å². The Hall–Kier alpha value is -0.250. The third-order valence-corrected chi connectivity index (χ3v) is 4.68. The lowest BCUT2D eigenvalue weighted by Gasteiger charge is -2.16. The predicted octanol–water partition coefficient (Wildman–Crippen LogP) is 3.78. The van der Waals surface area contributed by atoms with Gasteiger partial charge in [-0.05, 0) is 30.0 Å². The Morgan fingerprint density at radius 3 is 2.78 bits per heavy atom. The van der Waals surface area contributed by atoms with Gasteiger partial charge in [0, 0.05) is 34.9 Å².